The first-order chi connectivity index (χ1) is 16.1. The molecular weight excluding hydrogens is 414 g/mol. The topological polar surface area (TPSA) is 69.7 Å². The molecular formula is C27H25N3O3. The summed E-state index contributed by atoms with van der Waals surface area (Å²) in [7, 11) is 0. The number of fused-ring (bicyclic) bond motifs is 1. The minimum atomic E-state index is -0.615. The largest absolute Gasteiger partial charge is 0.353 e. The van der Waals surface area contributed by atoms with E-state index in [2.05, 4.69) is 5.32 Å². The molecule has 0 aromatic heterocycles. The molecule has 0 spiro atoms. The number of hydrogen-bond donors (Lipinski definition) is 1. The first-order valence-electron chi connectivity index (χ1n) is 11.2. The first-order valence-corrected chi connectivity index (χ1v) is 11.2. The van der Waals surface area contributed by atoms with Crippen LogP contribution < -0.4 is 5.32 Å². The van der Waals surface area contributed by atoms with Crippen LogP contribution >= 0.6 is 0 Å². The van der Waals surface area contributed by atoms with Crippen molar-refractivity contribution in [1.82, 2.24) is 15.1 Å². The lowest BCUT2D eigenvalue weighted by Gasteiger charge is -2.36. The summed E-state index contributed by atoms with van der Waals surface area (Å²) >= 11 is 0. The summed E-state index contributed by atoms with van der Waals surface area (Å²) in [4.78, 5) is 42.1. The molecule has 6 heteroatoms. The van der Waals surface area contributed by atoms with Crippen molar-refractivity contribution in [2.75, 3.05) is 19.6 Å². The summed E-state index contributed by atoms with van der Waals surface area (Å²) in [5.74, 6) is -0.493. The second-order valence-electron chi connectivity index (χ2n) is 8.44. The highest BCUT2D eigenvalue weighted by Gasteiger charge is 2.36. The Balaban J connectivity index is 1.36. The van der Waals surface area contributed by atoms with Gasteiger partial charge in [0, 0.05) is 31.6 Å². The van der Waals surface area contributed by atoms with Gasteiger partial charge in [0.2, 0.25) is 11.8 Å². The highest BCUT2D eigenvalue weighted by molar-refractivity contribution is 6.00. The van der Waals surface area contributed by atoms with Crippen LogP contribution in [0.1, 0.15) is 21.5 Å². The van der Waals surface area contributed by atoms with Gasteiger partial charge >= 0.3 is 0 Å². The Labute approximate surface area is 192 Å². The fraction of sp³-hybridized carbons (Fsp3) is 0.222. The van der Waals surface area contributed by atoms with Gasteiger partial charge in [-0.2, -0.15) is 0 Å². The molecule has 33 heavy (non-hydrogen) atoms. The molecule has 0 aliphatic carbocycles. The number of benzene rings is 3. The quantitative estimate of drug-likeness (QED) is 0.665. The number of piperazine rings is 1. The van der Waals surface area contributed by atoms with Gasteiger partial charge in [0.1, 0.15) is 12.6 Å². The van der Waals surface area contributed by atoms with Gasteiger partial charge in [0.15, 0.2) is 0 Å². The summed E-state index contributed by atoms with van der Waals surface area (Å²) in [5.41, 5.74) is 4.71. The molecule has 2 aliphatic rings. The number of carbonyl (C=O) groups is 3. The fourth-order valence-corrected chi connectivity index (χ4v) is 4.72. The van der Waals surface area contributed by atoms with Gasteiger partial charge in [-0.25, -0.2) is 0 Å². The van der Waals surface area contributed by atoms with Crippen molar-refractivity contribution in [1.29, 1.82) is 0 Å². The summed E-state index contributed by atoms with van der Waals surface area (Å²) in [6.45, 7) is 1.23. The van der Waals surface area contributed by atoms with Crippen LogP contribution in [0.3, 0.4) is 0 Å². The van der Waals surface area contributed by atoms with Crippen LogP contribution in [0.2, 0.25) is 0 Å². The van der Waals surface area contributed by atoms with Crippen LogP contribution in [0, 0.1) is 0 Å². The molecule has 3 amide bonds. The summed E-state index contributed by atoms with van der Waals surface area (Å²) < 4.78 is 0. The lowest BCUT2D eigenvalue weighted by atomic mass is 9.93. The second kappa shape index (κ2) is 8.90. The normalized spacial score (nSPS) is 17.6. The number of amides is 3. The summed E-state index contributed by atoms with van der Waals surface area (Å²) in [6.07, 6.45) is 0.414. The van der Waals surface area contributed by atoms with E-state index in [1.54, 1.807) is 15.9 Å². The van der Waals surface area contributed by atoms with Crippen molar-refractivity contribution in [3.8, 4) is 11.1 Å². The van der Waals surface area contributed by atoms with E-state index in [1.807, 2.05) is 72.8 Å². The minimum Gasteiger partial charge on any atom is -0.353 e. The molecule has 0 unspecified atom stereocenters. The van der Waals surface area contributed by atoms with Gasteiger partial charge in [-0.05, 0) is 28.3 Å². The number of hydrogen-bond acceptors (Lipinski definition) is 3. The van der Waals surface area contributed by atoms with Crippen LogP contribution in [0.5, 0.6) is 0 Å². The van der Waals surface area contributed by atoms with Gasteiger partial charge in [0.25, 0.3) is 5.91 Å². The molecule has 166 valence electrons. The zero-order chi connectivity index (χ0) is 22.8. The molecule has 5 rings (SSSR count). The SMILES string of the molecule is O=C1NCCN(C(=O)CN2Cc3ccccc3C2=O)[C@H]1Cc1ccccc1-c1ccccc1. The fourth-order valence-electron chi connectivity index (χ4n) is 4.72. The molecule has 1 fully saturated rings. The highest BCUT2D eigenvalue weighted by atomic mass is 16.2. The van der Waals surface area contributed by atoms with Crippen molar-refractivity contribution in [3.05, 3.63) is 95.6 Å². The molecule has 6 nitrogen and oxygen atoms in total. The predicted octanol–water partition coefficient (Wildman–Crippen LogP) is 2.88. The Morgan fingerprint density at radius 1 is 0.879 bits per heavy atom. The second-order valence-corrected chi connectivity index (χ2v) is 8.44. The Bertz CT molecular complexity index is 1210. The predicted molar refractivity (Wildman–Crippen MR) is 125 cm³/mol. The van der Waals surface area contributed by atoms with Crippen molar-refractivity contribution >= 4 is 17.7 Å². The van der Waals surface area contributed by atoms with Crippen molar-refractivity contribution in [2.45, 2.75) is 19.0 Å². The maximum Gasteiger partial charge on any atom is 0.254 e. The third-order valence-electron chi connectivity index (χ3n) is 6.39. The number of rotatable bonds is 5. The zero-order valence-corrected chi connectivity index (χ0v) is 18.2. The van der Waals surface area contributed by atoms with E-state index in [0.717, 1.165) is 22.3 Å². The van der Waals surface area contributed by atoms with Crippen LogP contribution in [-0.4, -0.2) is 53.2 Å². The average molecular weight is 440 g/mol. The lowest BCUT2D eigenvalue weighted by Crippen LogP contribution is -2.59. The van der Waals surface area contributed by atoms with E-state index in [4.69, 9.17) is 0 Å². The Kier molecular flexibility index (Phi) is 5.65. The van der Waals surface area contributed by atoms with Crippen LogP contribution in [0.15, 0.2) is 78.9 Å². The standard InChI is InChI=1S/C27H25N3O3/c31-25(18-29-17-21-11-5-7-13-23(21)27(29)33)30-15-14-28-26(32)24(30)16-20-10-4-6-12-22(20)19-8-2-1-3-9-19/h1-13,24H,14-18H2,(H,28,32)/t24-/m0/s1. The monoisotopic (exact) mass is 439 g/mol. The molecule has 2 aliphatic heterocycles. The van der Waals surface area contributed by atoms with Crippen LogP contribution in [0.25, 0.3) is 11.1 Å². The Morgan fingerprint density at radius 2 is 1.58 bits per heavy atom. The van der Waals surface area contributed by atoms with E-state index in [1.165, 1.54) is 0 Å². The molecule has 0 radical (unpaired) electrons. The average Bonchev–Trinajstić information content (AvgIpc) is 3.16. The summed E-state index contributed by atoms with van der Waals surface area (Å²) in [5, 5.41) is 2.90. The Hall–Kier alpha value is -3.93. The van der Waals surface area contributed by atoms with E-state index in [9.17, 15) is 14.4 Å². The third kappa shape index (κ3) is 4.12. The number of carbonyl (C=O) groups excluding carboxylic acids is 3. The van der Waals surface area contributed by atoms with Gasteiger partial charge in [-0.15, -0.1) is 0 Å². The van der Waals surface area contributed by atoms with Crippen molar-refractivity contribution in [3.63, 3.8) is 0 Å². The van der Waals surface area contributed by atoms with Crippen LogP contribution in [-0.2, 0) is 22.6 Å². The van der Waals surface area contributed by atoms with Gasteiger partial charge in [-0.1, -0.05) is 72.8 Å². The third-order valence-corrected chi connectivity index (χ3v) is 6.39. The Morgan fingerprint density at radius 3 is 2.36 bits per heavy atom. The maximum atomic E-state index is 13.3. The molecule has 0 bridgehead atoms. The van der Waals surface area contributed by atoms with Crippen LogP contribution in [0.4, 0.5) is 0 Å². The molecule has 1 saturated heterocycles. The molecule has 3 aromatic rings. The van der Waals surface area contributed by atoms with Crippen molar-refractivity contribution < 1.29 is 14.4 Å². The van der Waals surface area contributed by atoms with E-state index >= 15 is 0 Å². The van der Waals surface area contributed by atoms with Gasteiger partial charge in [-0.3, -0.25) is 14.4 Å². The molecule has 2 heterocycles. The smallest absolute Gasteiger partial charge is 0.254 e. The number of nitrogens with zero attached hydrogens (tertiary/aromatic N) is 2. The van der Waals surface area contributed by atoms with Gasteiger partial charge in [0.05, 0.1) is 0 Å². The minimum absolute atomic E-state index is 0.0301. The lowest BCUT2D eigenvalue weighted by molar-refractivity contribution is -0.143. The zero-order valence-electron chi connectivity index (χ0n) is 18.2. The number of nitrogens with one attached hydrogen (secondary N) is 1. The summed E-state index contributed by atoms with van der Waals surface area (Å²) in [6, 6.07) is 24.8. The maximum absolute atomic E-state index is 13.3. The molecule has 0 saturated carbocycles. The van der Waals surface area contributed by atoms with E-state index in [-0.39, 0.29) is 24.3 Å². The van der Waals surface area contributed by atoms with Crippen molar-refractivity contribution in [2.24, 2.45) is 0 Å². The van der Waals surface area contributed by atoms with E-state index < -0.39 is 6.04 Å². The molecule has 3 aromatic carbocycles. The molecule has 1 atom stereocenters. The van der Waals surface area contributed by atoms with E-state index in [0.29, 0.717) is 31.6 Å². The molecule has 1 N–H and O–H groups in total. The first kappa shape index (κ1) is 20.9. The van der Waals surface area contributed by atoms with Gasteiger partial charge < -0.3 is 15.1 Å². The highest BCUT2D eigenvalue weighted by Crippen LogP contribution is 2.27.